The molecule has 1 aliphatic rings. The molecule has 1 amide bonds. The van der Waals surface area contributed by atoms with Crippen molar-refractivity contribution in [2.75, 3.05) is 32.8 Å². The Morgan fingerprint density at radius 1 is 1.03 bits per heavy atom. The maximum absolute atomic E-state index is 13.6. The van der Waals surface area contributed by atoms with Gasteiger partial charge in [0.05, 0.1) is 10.7 Å². The molecule has 11 heteroatoms. The zero-order chi connectivity index (χ0) is 21.1. The molecule has 1 aromatic carbocycles. The van der Waals surface area contributed by atoms with Crippen molar-refractivity contribution in [3.63, 3.8) is 0 Å². The molecule has 0 saturated carbocycles. The molecule has 5 nitrogen and oxygen atoms in total. The van der Waals surface area contributed by atoms with Crippen molar-refractivity contribution in [3.05, 3.63) is 45.2 Å². The number of benzene rings is 1. The average molecular weight is 435 g/mol. The van der Waals surface area contributed by atoms with Gasteiger partial charge in [-0.2, -0.15) is 8.78 Å². The maximum Gasteiger partial charge on any atom is 0.260 e. The lowest BCUT2D eigenvalue weighted by Gasteiger charge is -2.22. The van der Waals surface area contributed by atoms with Crippen LogP contribution < -0.4 is 4.74 Å². The van der Waals surface area contributed by atoms with Gasteiger partial charge in [-0.05, 0) is 13.3 Å². The highest BCUT2D eigenvalue weighted by molar-refractivity contribution is 7.09. The van der Waals surface area contributed by atoms with Crippen molar-refractivity contribution in [2.45, 2.75) is 19.9 Å². The van der Waals surface area contributed by atoms with E-state index in [1.165, 1.54) is 4.90 Å². The van der Waals surface area contributed by atoms with Gasteiger partial charge in [0.15, 0.2) is 12.4 Å². The summed E-state index contributed by atoms with van der Waals surface area (Å²) in [6.07, 6.45) is 0.664. The highest BCUT2D eigenvalue weighted by Gasteiger charge is 2.28. The van der Waals surface area contributed by atoms with E-state index in [-0.39, 0.29) is 0 Å². The van der Waals surface area contributed by atoms with Crippen molar-refractivity contribution < 1.29 is 31.5 Å². The second-order valence-electron chi connectivity index (χ2n) is 6.56. The van der Waals surface area contributed by atoms with Gasteiger partial charge in [-0.25, -0.2) is 18.2 Å². The predicted octanol–water partition coefficient (Wildman–Crippen LogP) is 3.26. The quantitative estimate of drug-likeness (QED) is 0.411. The number of aromatic nitrogens is 1. The summed E-state index contributed by atoms with van der Waals surface area (Å²) in [5.74, 6) is -12.8. The van der Waals surface area contributed by atoms with Crippen molar-refractivity contribution in [2.24, 2.45) is 0 Å². The molecular weight excluding hydrogens is 417 g/mol. The fraction of sp³-hybridized carbons (Fsp3) is 0.444. The van der Waals surface area contributed by atoms with Gasteiger partial charge in [-0.3, -0.25) is 9.69 Å². The number of halogens is 5. The fourth-order valence-electron chi connectivity index (χ4n) is 3.03. The second-order valence-corrected chi connectivity index (χ2v) is 7.62. The molecule has 29 heavy (non-hydrogen) atoms. The van der Waals surface area contributed by atoms with Gasteiger partial charge in [0.2, 0.25) is 29.1 Å². The summed E-state index contributed by atoms with van der Waals surface area (Å²) >= 11 is 1.56. The van der Waals surface area contributed by atoms with Crippen LogP contribution in [0.25, 0.3) is 0 Å². The third kappa shape index (κ3) is 4.84. The van der Waals surface area contributed by atoms with Crippen molar-refractivity contribution in [3.8, 4) is 5.75 Å². The van der Waals surface area contributed by atoms with Crippen LogP contribution >= 0.6 is 11.3 Å². The number of carbonyl (C=O) groups is 1. The SMILES string of the molecule is Cc1nc(CN2CCCN(C(=O)COc3c(F)c(F)c(F)c(F)c3F)CC2)cs1. The predicted molar refractivity (Wildman–Crippen MR) is 95.1 cm³/mol. The molecule has 3 rings (SSSR count). The van der Waals surface area contributed by atoms with Gasteiger partial charge in [0.25, 0.3) is 5.91 Å². The van der Waals surface area contributed by atoms with Gasteiger partial charge < -0.3 is 9.64 Å². The summed E-state index contributed by atoms with van der Waals surface area (Å²) in [7, 11) is 0. The average Bonchev–Trinajstić information content (AvgIpc) is 2.96. The number of rotatable bonds is 5. The van der Waals surface area contributed by atoms with E-state index in [4.69, 9.17) is 0 Å². The minimum atomic E-state index is -2.28. The molecule has 0 bridgehead atoms. The van der Waals surface area contributed by atoms with E-state index in [0.717, 1.165) is 17.2 Å². The first-order chi connectivity index (χ1) is 13.8. The van der Waals surface area contributed by atoms with Crippen LogP contribution in [0.15, 0.2) is 5.38 Å². The van der Waals surface area contributed by atoms with E-state index >= 15 is 0 Å². The van der Waals surface area contributed by atoms with Crippen LogP contribution in [0.5, 0.6) is 5.75 Å². The summed E-state index contributed by atoms with van der Waals surface area (Å²) in [6.45, 7) is 3.77. The Kier molecular flexibility index (Phi) is 6.68. The highest BCUT2D eigenvalue weighted by atomic mass is 32.1. The van der Waals surface area contributed by atoms with E-state index in [1.54, 1.807) is 11.3 Å². The number of hydrogen-bond donors (Lipinski definition) is 0. The zero-order valence-electron chi connectivity index (χ0n) is 15.5. The Morgan fingerprint density at radius 3 is 2.31 bits per heavy atom. The van der Waals surface area contributed by atoms with Gasteiger partial charge in [0.1, 0.15) is 0 Å². The Balaban J connectivity index is 1.58. The molecule has 0 spiro atoms. The first kappa shape index (κ1) is 21.4. The summed E-state index contributed by atoms with van der Waals surface area (Å²) in [5, 5.41) is 2.94. The smallest absolute Gasteiger partial charge is 0.260 e. The van der Waals surface area contributed by atoms with Crippen molar-refractivity contribution >= 4 is 17.2 Å². The van der Waals surface area contributed by atoms with Crippen LogP contribution in [0.3, 0.4) is 0 Å². The topological polar surface area (TPSA) is 45.7 Å². The number of thiazole rings is 1. The molecule has 0 aliphatic carbocycles. The largest absolute Gasteiger partial charge is 0.477 e. The van der Waals surface area contributed by atoms with Crippen LogP contribution in [0.2, 0.25) is 0 Å². The molecule has 0 atom stereocenters. The van der Waals surface area contributed by atoms with Crippen LogP contribution in [0, 0.1) is 36.0 Å². The molecule has 1 aromatic heterocycles. The van der Waals surface area contributed by atoms with Crippen molar-refractivity contribution in [1.82, 2.24) is 14.8 Å². The molecule has 1 aliphatic heterocycles. The van der Waals surface area contributed by atoms with E-state index in [2.05, 4.69) is 14.6 Å². The second kappa shape index (κ2) is 9.04. The van der Waals surface area contributed by atoms with Crippen LogP contribution in [-0.4, -0.2) is 53.5 Å². The summed E-state index contributed by atoms with van der Waals surface area (Å²) in [6, 6.07) is 0. The first-order valence-corrected chi connectivity index (χ1v) is 9.71. The van der Waals surface area contributed by atoms with Gasteiger partial charge in [0, 0.05) is 38.1 Å². The van der Waals surface area contributed by atoms with Crippen molar-refractivity contribution in [1.29, 1.82) is 0 Å². The Morgan fingerprint density at radius 2 is 1.69 bits per heavy atom. The van der Waals surface area contributed by atoms with E-state index in [0.29, 0.717) is 32.6 Å². The first-order valence-electron chi connectivity index (χ1n) is 8.83. The number of hydrogen-bond acceptors (Lipinski definition) is 5. The number of ether oxygens (including phenoxy) is 1. The zero-order valence-corrected chi connectivity index (χ0v) is 16.3. The molecular formula is C18H18F5N3O2S. The summed E-state index contributed by atoms with van der Waals surface area (Å²) in [4.78, 5) is 20.3. The molecule has 2 aromatic rings. The number of amides is 1. The Bertz CT molecular complexity index is 879. The summed E-state index contributed by atoms with van der Waals surface area (Å²) < 4.78 is 71.4. The molecule has 1 fully saturated rings. The minimum absolute atomic E-state index is 0.350. The Labute approximate surface area is 167 Å². The molecule has 0 unspecified atom stereocenters. The number of nitrogens with zero attached hydrogens (tertiary/aromatic N) is 3. The minimum Gasteiger partial charge on any atom is -0.477 e. The molecule has 2 heterocycles. The van der Waals surface area contributed by atoms with Gasteiger partial charge >= 0.3 is 0 Å². The monoisotopic (exact) mass is 435 g/mol. The molecule has 158 valence electrons. The fourth-order valence-corrected chi connectivity index (χ4v) is 3.63. The van der Waals surface area contributed by atoms with E-state index in [1.807, 2.05) is 12.3 Å². The lowest BCUT2D eigenvalue weighted by Crippen LogP contribution is -2.38. The van der Waals surface area contributed by atoms with Crippen LogP contribution in [-0.2, 0) is 11.3 Å². The number of carbonyl (C=O) groups excluding carboxylic acids is 1. The lowest BCUT2D eigenvalue weighted by molar-refractivity contribution is -0.133. The molecule has 1 saturated heterocycles. The van der Waals surface area contributed by atoms with E-state index < -0.39 is 47.3 Å². The van der Waals surface area contributed by atoms with Gasteiger partial charge in [-0.1, -0.05) is 0 Å². The molecule has 0 radical (unpaired) electrons. The van der Waals surface area contributed by atoms with Crippen LogP contribution in [0.1, 0.15) is 17.1 Å². The lowest BCUT2D eigenvalue weighted by atomic mass is 10.2. The maximum atomic E-state index is 13.6. The molecule has 0 N–H and O–H groups in total. The summed E-state index contributed by atoms with van der Waals surface area (Å²) in [5.41, 5.74) is 0.946. The van der Waals surface area contributed by atoms with Crippen LogP contribution in [0.4, 0.5) is 22.0 Å². The normalized spacial score (nSPS) is 15.4. The van der Waals surface area contributed by atoms with E-state index in [9.17, 15) is 26.7 Å². The Hall–Kier alpha value is -2.27. The highest BCUT2D eigenvalue weighted by Crippen LogP contribution is 2.29. The van der Waals surface area contributed by atoms with Gasteiger partial charge in [-0.15, -0.1) is 11.3 Å². The standard InChI is InChI=1S/C18H18F5N3O2S/c1-10-24-11(9-29-10)7-25-3-2-4-26(6-5-25)12(27)8-28-18-16(22)14(20)13(19)15(21)17(18)23/h9H,2-8H2,1H3. The third-order valence-electron chi connectivity index (χ3n) is 4.50. The number of aryl methyl sites for hydroxylation is 1. The third-order valence-corrected chi connectivity index (χ3v) is 5.33.